The van der Waals surface area contributed by atoms with E-state index in [0.29, 0.717) is 17.0 Å². The fourth-order valence-corrected chi connectivity index (χ4v) is 1.18. The molecule has 0 radical (unpaired) electrons. The highest BCUT2D eigenvalue weighted by molar-refractivity contribution is 6.58. The number of hydrazone groups is 1. The molecule has 0 aliphatic heterocycles. The molecular weight excluding hydrogens is 244 g/mol. The lowest BCUT2D eigenvalue weighted by Gasteiger charge is -2.03. The van der Waals surface area contributed by atoms with Crippen molar-refractivity contribution in [3.63, 3.8) is 0 Å². The zero-order valence-electron chi connectivity index (χ0n) is 9.14. The van der Waals surface area contributed by atoms with Gasteiger partial charge in [-0.3, -0.25) is 10.2 Å². The molecule has 5 nitrogen and oxygen atoms in total. The summed E-state index contributed by atoms with van der Waals surface area (Å²) in [6.45, 7) is 1.82. The minimum atomic E-state index is -0.776. The second-order valence-electron chi connectivity index (χ2n) is 2.93. The highest BCUT2D eigenvalue weighted by Crippen LogP contribution is 2.20. The summed E-state index contributed by atoms with van der Waals surface area (Å²) < 4.78 is 4.64. The molecule has 0 aliphatic carbocycles. The van der Waals surface area contributed by atoms with Crippen LogP contribution < -0.4 is 5.43 Å². The Morgan fingerprint density at radius 1 is 1.53 bits per heavy atom. The van der Waals surface area contributed by atoms with Gasteiger partial charge < -0.3 is 4.74 Å². The van der Waals surface area contributed by atoms with Crippen molar-refractivity contribution in [3.8, 4) is 0 Å². The van der Waals surface area contributed by atoms with E-state index in [4.69, 9.17) is 11.6 Å². The average Bonchev–Trinajstić information content (AvgIpc) is 2.32. The van der Waals surface area contributed by atoms with E-state index in [2.05, 4.69) is 15.3 Å². The lowest BCUT2D eigenvalue weighted by molar-refractivity contribution is -0.135. The van der Waals surface area contributed by atoms with Crippen molar-refractivity contribution >= 4 is 35.3 Å². The average molecular weight is 255 g/mol. The molecule has 0 saturated carbocycles. The van der Waals surface area contributed by atoms with Gasteiger partial charge in [0.2, 0.25) is 5.71 Å². The number of rotatable bonds is 5. The van der Waals surface area contributed by atoms with E-state index >= 15 is 0 Å². The number of esters is 1. The Balaban J connectivity index is 2.78. The third kappa shape index (κ3) is 3.88. The van der Waals surface area contributed by atoms with E-state index in [1.807, 2.05) is 0 Å². The molecule has 6 heteroatoms. The van der Waals surface area contributed by atoms with Crippen LogP contribution in [0.5, 0.6) is 0 Å². The van der Waals surface area contributed by atoms with Crippen LogP contribution in [0.15, 0.2) is 29.4 Å². The summed E-state index contributed by atoms with van der Waals surface area (Å²) in [5.41, 5.74) is 2.68. The van der Waals surface area contributed by atoms with Gasteiger partial charge >= 0.3 is 5.97 Å². The number of anilines is 1. The van der Waals surface area contributed by atoms with Crippen LogP contribution in [-0.2, 0) is 14.3 Å². The Hall–Kier alpha value is -1.88. The van der Waals surface area contributed by atoms with Crippen LogP contribution in [0.1, 0.15) is 6.92 Å². The maximum absolute atomic E-state index is 11.2. The van der Waals surface area contributed by atoms with Crippen LogP contribution in [0.2, 0.25) is 5.02 Å². The molecular formula is C11H11ClN2O3. The van der Waals surface area contributed by atoms with Crippen molar-refractivity contribution in [3.05, 3.63) is 29.3 Å². The van der Waals surface area contributed by atoms with E-state index < -0.39 is 5.97 Å². The van der Waals surface area contributed by atoms with Crippen LogP contribution in [0.3, 0.4) is 0 Å². The Morgan fingerprint density at radius 3 is 2.82 bits per heavy atom. The van der Waals surface area contributed by atoms with Crippen molar-refractivity contribution in [1.82, 2.24) is 0 Å². The number of nitrogens with zero attached hydrogens (tertiary/aromatic N) is 1. The smallest absolute Gasteiger partial charge is 0.362 e. The number of halogens is 1. The summed E-state index contributed by atoms with van der Waals surface area (Å²) >= 11 is 5.86. The first-order valence-corrected chi connectivity index (χ1v) is 5.27. The monoisotopic (exact) mass is 254 g/mol. The zero-order chi connectivity index (χ0) is 12.7. The van der Waals surface area contributed by atoms with Gasteiger partial charge in [0, 0.05) is 0 Å². The quantitative estimate of drug-likeness (QED) is 0.286. The molecule has 1 rings (SSSR count). The van der Waals surface area contributed by atoms with Gasteiger partial charge in [0.05, 0.1) is 17.3 Å². The van der Waals surface area contributed by atoms with Crippen LogP contribution in [0.4, 0.5) is 5.69 Å². The van der Waals surface area contributed by atoms with Crippen molar-refractivity contribution < 1.29 is 14.3 Å². The molecule has 0 saturated heterocycles. The van der Waals surface area contributed by atoms with Crippen LogP contribution in [0.25, 0.3) is 0 Å². The molecule has 1 aromatic carbocycles. The summed E-state index contributed by atoms with van der Waals surface area (Å²) in [5.74, 6) is -0.776. The van der Waals surface area contributed by atoms with E-state index in [-0.39, 0.29) is 12.3 Å². The van der Waals surface area contributed by atoms with Crippen molar-refractivity contribution in [2.45, 2.75) is 6.92 Å². The molecule has 90 valence electrons. The number of para-hydroxylation sites is 1. The first kappa shape index (κ1) is 13.2. The standard InChI is InChI=1S/C11H11ClN2O3/c1-2-17-11(16)10(7-15)14-13-9-6-4-3-5-8(9)12/h3-7,13H,2H2,1H3/b14-10-. The number of benzene rings is 1. The van der Waals surface area contributed by atoms with Crippen molar-refractivity contribution in [1.29, 1.82) is 0 Å². The Morgan fingerprint density at radius 2 is 2.24 bits per heavy atom. The zero-order valence-corrected chi connectivity index (χ0v) is 9.90. The molecule has 1 aromatic rings. The fraction of sp³-hybridized carbons (Fsp3) is 0.182. The molecule has 0 atom stereocenters. The molecule has 0 aliphatic rings. The van der Waals surface area contributed by atoms with E-state index in [1.165, 1.54) is 0 Å². The van der Waals surface area contributed by atoms with Gasteiger partial charge in [-0.25, -0.2) is 4.79 Å². The normalized spacial score (nSPS) is 10.8. The van der Waals surface area contributed by atoms with E-state index in [0.717, 1.165) is 0 Å². The number of carbonyl (C=O) groups excluding carboxylic acids is 2. The predicted molar refractivity (Wildman–Crippen MR) is 65.2 cm³/mol. The van der Waals surface area contributed by atoms with Gasteiger partial charge in [-0.05, 0) is 19.1 Å². The molecule has 0 amide bonds. The number of aldehydes is 1. The number of carbonyl (C=O) groups is 2. The second-order valence-corrected chi connectivity index (χ2v) is 3.33. The maximum atomic E-state index is 11.2. The van der Waals surface area contributed by atoms with Gasteiger partial charge in [-0.1, -0.05) is 23.7 Å². The molecule has 1 N–H and O–H groups in total. The van der Waals surface area contributed by atoms with E-state index in [1.54, 1.807) is 31.2 Å². The minimum absolute atomic E-state index is 0.178. The third-order valence-corrected chi connectivity index (χ3v) is 2.10. The number of ether oxygens (including phenoxy) is 1. The molecule has 0 unspecified atom stereocenters. The summed E-state index contributed by atoms with van der Waals surface area (Å²) in [5, 5.41) is 4.07. The van der Waals surface area contributed by atoms with Crippen LogP contribution in [0, 0.1) is 0 Å². The van der Waals surface area contributed by atoms with Crippen LogP contribution >= 0.6 is 11.6 Å². The molecule has 0 aromatic heterocycles. The summed E-state index contributed by atoms with van der Waals surface area (Å²) in [6.07, 6.45) is 0.321. The predicted octanol–water partition coefficient (Wildman–Crippen LogP) is 1.87. The van der Waals surface area contributed by atoms with Gasteiger partial charge in [-0.15, -0.1) is 0 Å². The molecule has 0 heterocycles. The SMILES string of the molecule is CCOC(=O)/C(C=O)=N\Nc1ccccc1Cl. The van der Waals surface area contributed by atoms with Crippen molar-refractivity contribution in [2.75, 3.05) is 12.0 Å². The Kier molecular flexibility index (Phi) is 5.16. The van der Waals surface area contributed by atoms with Gasteiger partial charge in [0.15, 0.2) is 6.29 Å². The lowest BCUT2D eigenvalue weighted by atomic mass is 10.3. The van der Waals surface area contributed by atoms with E-state index in [9.17, 15) is 9.59 Å². The first-order chi connectivity index (χ1) is 8.19. The topological polar surface area (TPSA) is 67.8 Å². The van der Waals surface area contributed by atoms with Gasteiger partial charge in [0.1, 0.15) is 0 Å². The Labute approximate surface area is 103 Å². The second kappa shape index (κ2) is 6.65. The summed E-state index contributed by atoms with van der Waals surface area (Å²) in [7, 11) is 0. The molecule has 17 heavy (non-hydrogen) atoms. The lowest BCUT2D eigenvalue weighted by Crippen LogP contribution is -2.20. The maximum Gasteiger partial charge on any atom is 0.362 e. The van der Waals surface area contributed by atoms with Crippen LogP contribution in [-0.4, -0.2) is 24.6 Å². The fourth-order valence-electron chi connectivity index (χ4n) is 0.997. The number of hydrogen-bond acceptors (Lipinski definition) is 5. The highest BCUT2D eigenvalue weighted by atomic mass is 35.5. The van der Waals surface area contributed by atoms with Crippen molar-refractivity contribution in [2.24, 2.45) is 5.10 Å². The molecule has 0 fully saturated rings. The number of hydrogen-bond donors (Lipinski definition) is 1. The van der Waals surface area contributed by atoms with Gasteiger partial charge in [0.25, 0.3) is 0 Å². The van der Waals surface area contributed by atoms with Gasteiger partial charge in [-0.2, -0.15) is 5.10 Å². The highest BCUT2D eigenvalue weighted by Gasteiger charge is 2.11. The first-order valence-electron chi connectivity index (χ1n) is 4.89. The largest absolute Gasteiger partial charge is 0.461 e. The molecule has 0 spiro atoms. The summed E-state index contributed by atoms with van der Waals surface area (Å²) in [4.78, 5) is 21.8. The molecule has 0 bridgehead atoms. The third-order valence-electron chi connectivity index (χ3n) is 1.77. The Bertz CT molecular complexity index is 446. The minimum Gasteiger partial charge on any atom is -0.461 e. The number of nitrogens with one attached hydrogen (secondary N) is 1. The summed E-state index contributed by atoms with van der Waals surface area (Å²) in [6, 6.07) is 6.82.